The minimum absolute atomic E-state index is 0. The smallest absolute Gasteiger partial charge is 0.234 e. The van der Waals surface area contributed by atoms with Crippen molar-refractivity contribution < 1.29 is 28.5 Å². The summed E-state index contributed by atoms with van der Waals surface area (Å²) in [5.74, 6) is 0. The lowest BCUT2D eigenvalue weighted by atomic mass is 10.1. The van der Waals surface area contributed by atoms with Gasteiger partial charge in [0.1, 0.15) is 6.07 Å². The molecule has 0 fully saturated rings. The van der Waals surface area contributed by atoms with E-state index in [0.29, 0.717) is 6.54 Å². The Labute approximate surface area is 106 Å². The maximum Gasteiger partial charge on any atom is 0.234 e. The fraction of sp³-hybridized carbons (Fsp3) is 0.167. The van der Waals surface area contributed by atoms with Crippen LogP contribution in [0.15, 0.2) is 36.5 Å². The maximum atomic E-state index is 8.65. The van der Waals surface area contributed by atoms with Crippen molar-refractivity contribution >= 4 is 10.8 Å². The largest absolute Gasteiger partial charge is 1.00 e. The van der Waals surface area contributed by atoms with Gasteiger partial charge in [0.25, 0.3) is 0 Å². The van der Waals surface area contributed by atoms with Gasteiger partial charge in [0.05, 0.1) is 0 Å². The summed E-state index contributed by atoms with van der Waals surface area (Å²) in [6.07, 6.45) is 2.02. The second-order valence-corrected chi connectivity index (χ2v) is 3.33. The van der Waals surface area contributed by atoms with Gasteiger partial charge >= 0.3 is 0 Å². The molecule has 0 aliphatic heterocycles. The van der Waals surface area contributed by atoms with Crippen molar-refractivity contribution in [1.82, 2.24) is 0 Å². The summed E-state index contributed by atoms with van der Waals surface area (Å²) in [5.41, 5.74) is 1.12. The van der Waals surface area contributed by atoms with Gasteiger partial charge in [-0.05, 0) is 11.5 Å². The predicted octanol–water partition coefficient (Wildman–Crippen LogP) is -1.04. The molecule has 3 heteroatoms. The summed E-state index contributed by atoms with van der Waals surface area (Å²) in [5, 5.41) is 11.0. The average molecular weight is 310 g/mol. The second-order valence-electron chi connectivity index (χ2n) is 3.33. The molecule has 1 aromatic heterocycles. The van der Waals surface area contributed by atoms with Crippen molar-refractivity contribution in [1.29, 1.82) is 5.26 Å². The van der Waals surface area contributed by atoms with E-state index < -0.39 is 0 Å². The normalized spacial score (nSPS) is 9.33. The van der Waals surface area contributed by atoms with Crippen molar-refractivity contribution in [3.63, 3.8) is 0 Å². The van der Waals surface area contributed by atoms with Crippen LogP contribution in [0.1, 0.15) is 5.69 Å². The van der Waals surface area contributed by atoms with Gasteiger partial charge in [0, 0.05) is 18.4 Å². The number of aromatic nitrogens is 1. The Bertz CT molecular complexity index is 515. The minimum atomic E-state index is 0. The standard InChI is InChI=1S/C12H11N2.HI/c1-10-8-11-4-2-3-5-12(11)9-14(10)7-6-13;/h2-5,8-9H,7H2,1H3;1H/q+1;/p-1. The highest BCUT2D eigenvalue weighted by atomic mass is 127. The first kappa shape index (κ1) is 11.9. The fourth-order valence-electron chi connectivity index (χ4n) is 1.58. The van der Waals surface area contributed by atoms with Crippen LogP contribution in [0.4, 0.5) is 0 Å². The third kappa shape index (κ3) is 2.45. The summed E-state index contributed by atoms with van der Waals surface area (Å²) in [4.78, 5) is 0. The molecule has 15 heavy (non-hydrogen) atoms. The van der Waals surface area contributed by atoms with Crippen LogP contribution < -0.4 is 28.5 Å². The van der Waals surface area contributed by atoms with Gasteiger partial charge in [-0.25, -0.2) is 0 Å². The van der Waals surface area contributed by atoms with Gasteiger partial charge < -0.3 is 24.0 Å². The number of halogens is 1. The van der Waals surface area contributed by atoms with Crippen LogP contribution in [0.3, 0.4) is 0 Å². The summed E-state index contributed by atoms with van der Waals surface area (Å²) in [7, 11) is 0. The number of hydrogen-bond donors (Lipinski definition) is 0. The van der Waals surface area contributed by atoms with Gasteiger partial charge in [-0.2, -0.15) is 9.83 Å². The van der Waals surface area contributed by atoms with E-state index in [1.54, 1.807) is 0 Å². The van der Waals surface area contributed by atoms with E-state index in [0.717, 1.165) is 5.69 Å². The molecule has 2 nitrogen and oxygen atoms in total. The molecule has 0 aliphatic rings. The van der Waals surface area contributed by atoms with Crippen molar-refractivity contribution in [3.8, 4) is 6.07 Å². The molecule has 1 aromatic carbocycles. The Hall–Kier alpha value is -1.15. The number of hydrogen-bond acceptors (Lipinski definition) is 1. The Morgan fingerprint density at radius 1 is 1.27 bits per heavy atom. The molecular formula is C12H11IN2. The molecule has 2 rings (SSSR count). The maximum absolute atomic E-state index is 8.65. The third-order valence-corrected chi connectivity index (χ3v) is 2.35. The minimum Gasteiger partial charge on any atom is -1.00 e. The lowest BCUT2D eigenvalue weighted by molar-refractivity contribution is -0.689. The molecule has 0 atom stereocenters. The van der Waals surface area contributed by atoms with E-state index in [1.807, 2.05) is 29.8 Å². The van der Waals surface area contributed by atoms with Crippen LogP contribution in [-0.4, -0.2) is 0 Å². The number of aryl methyl sites for hydroxylation is 1. The lowest BCUT2D eigenvalue weighted by Gasteiger charge is -1.98. The van der Waals surface area contributed by atoms with Crippen molar-refractivity contribution in [2.24, 2.45) is 0 Å². The molecule has 0 amide bonds. The second kappa shape index (κ2) is 5.08. The Balaban J connectivity index is 0.00000112. The third-order valence-electron chi connectivity index (χ3n) is 2.35. The number of nitriles is 1. The number of benzene rings is 1. The zero-order valence-electron chi connectivity index (χ0n) is 8.44. The van der Waals surface area contributed by atoms with Gasteiger partial charge in [0.2, 0.25) is 6.54 Å². The Morgan fingerprint density at radius 3 is 2.60 bits per heavy atom. The Morgan fingerprint density at radius 2 is 1.93 bits per heavy atom. The SMILES string of the molecule is Cc1cc2ccccc2c[n+]1CC#N.[I-]. The molecule has 0 saturated carbocycles. The Kier molecular flexibility index (Phi) is 4.04. The molecule has 0 spiro atoms. The van der Waals surface area contributed by atoms with Gasteiger partial charge in [-0.3, -0.25) is 0 Å². The highest BCUT2D eigenvalue weighted by molar-refractivity contribution is 5.80. The molecule has 76 valence electrons. The van der Waals surface area contributed by atoms with Crippen molar-refractivity contribution in [2.75, 3.05) is 0 Å². The molecule has 0 bridgehead atoms. The zero-order chi connectivity index (χ0) is 9.97. The number of rotatable bonds is 1. The highest BCUT2D eigenvalue weighted by Gasteiger charge is 2.06. The molecule has 0 radical (unpaired) electrons. The van der Waals surface area contributed by atoms with Crippen LogP contribution in [0.5, 0.6) is 0 Å². The molecule has 1 heterocycles. The summed E-state index contributed by atoms with van der Waals surface area (Å²) in [6.45, 7) is 2.43. The quantitative estimate of drug-likeness (QED) is 0.489. The average Bonchev–Trinajstić information content (AvgIpc) is 2.19. The van der Waals surface area contributed by atoms with Gasteiger partial charge in [0.15, 0.2) is 11.9 Å². The van der Waals surface area contributed by atoms with Crippen LogP contribution in [-0.2, 0) is 6.54 Å². The van der Waals surface area contributed by atoms with Crippen molar-refractivity contribution in [3.05, 3.63) is 42.2 Å². The number of fused-ring (bicyclic) bond motifs is 1. The van der Waals surface area contributed by atoms with Crippen LogP contribution in [0.25, 0.3) is 10.8 Å². The molecule has 0 N–H and O–H groups in total. The first-order chi connectivity index (χ1) is 6.81. The summed E-state index contributed by atoms with van der Waals surface area (Å²) >= 11 is 0. The first-order valence-electron chi connectivity index (χ1n) is 4.57. The lowest BCUT2D eigenvalue weighted by Crippen LogP contribution is -3.00. The molecule has 2 aromatic rings. The predicted molar refractivity (Wildman–Crippen MR) is 54.5 cm³/mol. The van der Waals surface area contributed by atoms with Crippen LogP contribution in [0, 0.1) is 18.3 Å². The van der Waals surface area contributed by atoms with Crippen LogP contribution in [0.2, 0.25) is 0 Å². The topological polar surface area (TPSA) is 27.7 Å². The molecule has 0 saturated heterocycles. The fourth-order valence-corrected chi connectivity index (χ4v) is 1.58. The first-order valence-corrected chi connectivity index (χ1v) is 4.57. The van der Waals surface area contributed by atoms with E-state index in [1.165, 1.54) is 10.8 Å². The van der Waals surface area contributed by atoms with E-state index >= 15 is 0 Å². The molecule has 0 unspecified atom stereocenters. The summed E-state index contributed by atoms with van der Waals surface area (Å²) < 4.78 is 1.96. The van der Waals surface area contributed by atoms with Gasteiger partial charge in [-0.1, -0.05) is 18.2 Å². The monoisotopic (exact) mass is 310 g/mol. The molecular weight excluding hydrogens is 299 g/mol. The van der Waals surface area contributed by atoms with E-state index in [9.17, 15) is 0 Å². The summed E-state index contributed by atoms with van der Waals surface area (Å²) in [6, 6.07) is 12.4. The zero-order valence-corrected chi connectivity index (χ0v) is 10.6. The van der Waals surface area contributed by atoms with E-state index in [4.69, 9.17) is 5.26 Å². The van der Waals surface area contributed by atoms with Crippen LogP contribution >= 0.6 is 0 Å². The molecule has 0 aliphatic carbocycles. The van der Waals surface area contributed by atoms with E-state index in [2.05, 4.69) is 24.3 Å². The highest BCUT2D eigenvalue weighted by Crippen LogP contribution is 2.11. The number of pyridine rings is 1. The number of nitrogens with zero attached hydrogens (tertiary/aromatic N) is 2. The van der Waals surface area contributed by atoms with E-state index in [-0.39, 0.29) is 24.0 Å². The van der Waals surface area contributed by atoms with Gasteiger partial charge in [-0.15, -0.1) is 0 Å². The van der Waals surface area contributed by atoms with Crippen molar-refractivity contribution in [2.45, 2.75) is 13.5 Å².